The van der Waals surface area contributed by atoms with E-state index < -0.39 is 65.6 Å². The van der Waals surface area contributed by atoms with Crippen LogP contribution < -0.4 is 5.32 Å². The Morgan fingerprint density at radius 1 is 1.09 bits per heavy atom. The van der Waals surface area contributed by atoms with Gasteiger partial charge in [-0.15, -0.1) is 0 Å². The van der Waals surface area contributed by atoms with Crippen molar-refractivity contribution >= 4 is 24.0 Å². The van der Waals surface area contributed by atoms with Crippen molar-refractivity contribution in [3.05, 3.63) is 35.9 Å². The van der Waals surface area contributed by atoms with Crippen LogP contribution in [-0.2, 0) is 35.0 Å². The number of carboxylic acid groups (broad SMARTS) is 1. The van der Waals surface area contributed by atoms with Gasteiger partial charge in [-0.1, -0.05) is 30.3 Å². The number of alkyl carbamates (subject to hydrolysis) is 1. The molecule has 1 heterocycles. The van der Waals surface area contributed by atoms with Crippen LogP contribution in [0.25, 0.3) is 0 Å². The molecule has 2 N–H and O–H groups in total. The van der Waals surface area contributed by atoms with Gasteiger partial charge in [0.2, 0.25) is 0 Å². The lowest BCUT2D eigenvalue weighted by atomic mass is 9.68. The van der Waals surface area contributed by atoms with Crippen LogP contribution in [0.2, 0.25) is 0 Å². The highest BCUT2D eigenvalue weighted by molar-refractivity contribution is 5.83. The molecule has 1 aromatic carbocycles. The summed E-state index contributed by atoms with van der Waals surface area (Å²) in [6.45, 7) is 9.08. The predicted molar refractivity (Wildman–Crippen MR) is 118 cm³/mol. The molecular formula is C24H33NO8. The Balaban J connectivity index is 2.39. The molecule has 4 atom stereocenters. The average molecular weight is 469 g/mol. The molecule has 0 radical (unpaired) electrons. The van der Waals surface area contributed by atoms with Crippen molar-refractivity contribution in [3.8, 4) is 0 Å². The average Bonchev–Trinajstić information content (AvgIpc) is 2.72. The fraction of sp³-hybridized carbons (Fsp3) is 0.583. The van der Waals surface area contributed by atoms with E-state index in [0.717, 1.165) is 5.56 Å². The van der Waals surface area contributed by atoms with Crippen LogP contribution in [0, 0.1) is 17.3 Å². The molecule has 1 aliphatic rings. The van der Waals surface area contributed by atoms with Gasteiger partial charge in [-0.3, -0.25) is 9.59 Å². The van der Waals surface area contributed by atoms with E-state index in [1.165, 1.54) is 13.8 Å². The Labute approximate surface area is 193 Å². The van der Waals surface area contributed by atoms with Crippen LogP contribution >= 0.6 is 0 Å². The third kappa shape index (κ3) is 6.94. The van der Waals surface area contributed by atoms with E-state index in [2.05, 4.69) is 5.32 Å². The van der Waals surface area contributed by atoms with Gasteiger partial charge >= 0.3 is 24.0 Å². The zero-order valence-corrected chi connectivity index (χ0v) is 19.9. The predicted octanol–water partition coefficient (Wildman–Crippen LogP) is 2.95. The second-order valence-corrected chi connectivity index (χ2v) is 9.82. The molecule has 0 aliphatic carbocycles. The summed E-state index contributed by atoms with van der Waals surface area (Å²) in [6.07, 6.45) is -1.62. The smallest absolute Gasteiger partial charge is 0.408 e. The number of esters is 2. The minimum absolute atomic E-state index is 0.201. The minimum Gasteiger partial charge on any atom is -0.481 e. The lowest BCUT2D eigenvalue weighted by Gasteiger charge is -2.38. The van der Waals surface area contributed by atoms with Crippen molar-refractivity contribution in [2.75, 3.05) is 6.61 Å². The van der Waals surface area contributed by atoms with E-state index in [4.69, 9.17) is 14.2 Å². The van der Waals surface area contributed by atoms with Crippen LogP contribution in [0.1, 0.15) is 47.1 Å². The second-order valence-electron chi connectivity index (χ2n) is 9.82. The fourth-order valence-corrected chi connectivity index (χ4v) is 4.01. The van der Waals surface area contributed by atoms with Crippen molar-refractivity contribution in [2.45, 2.75) is 65.7 Å². The maximum absolute atomic E-state index is 13.2. The van der Waals surface area contributed by atoms with E-state index in [1.54, 1.807) is 27.7 Å². The summed E-state index contributed by atoms with van der Waals surface area (Å²) in [6, 6.07) is 7.83. The number of ether oxygens (including phenoxy) is 3. The molecule has 1 aliphatic heterocycles. The first-order chi connectivity index (χ1) is 15.2. The molecule has 1 aromatic rings. The summed E-state index contributed by atoms with van der Waals surface area (Å²) >= 11 is 0. The Hall–Kier alpha value is -3.10. The first-order valence-electron chi connectivity index (χ1n) is 10.9. The van der Waals surface area contributed by atoms with Gasteiger partial charge in [-0.25, -0.2) is 9.59 Å². The van der Waals surface area contributed by atoms with Crippen molar-refractivity contribution < 1.29 is 38.5 Å². The first kappa shape index (κ1) is 26.2. The summed E-state index contributed by atoms with van der Waals surface area (Å²) < 4.78 is 16.2. The molecule has 9 nitrogen and oxygen atoms in total. The number of hydrogen-bond donors (Lipinski definition) is 2. The highest BCUT2D eigenvalue weighted by atomic mass is 16.6. The molecule has 0 spiro atoms. The number of hydrogen-bond acceptors (Lipinski definition) is 7. The Morgan fingerprint density at radius 3 is 2.24 bits per heavy atom. The molecule has 182 valence electrons. The summed E-state index contributed by atoms with van der Waals surface area (Å²) in [5.74, 6) is -4.44. The van der Waals surface area contributed by atoms with Crippen molar-refractivity contribution in [1.82, 2.24) is 5.32 Å². The van der Waals surface area contributed by atoms with Gasteiger partial charge in [-0.05, 0) is 53.5 Å². The van der Waals surface area contributed by atoms with Gasteiger partial charge in [0.25, 0.3) is 0 Å². The number of aliphatic carboxylic acids is 1. The summed E-state index contributed by atoms with van der Waals surface area (Å²) in [7, 11) is 0. The zero-order chi connectivity index (χ0) is 25.0. The highest BCUT2D eigenvalue weighted by Gasteiger charge is 2.50. The number of amides is 1. The Morgan fingerprint density at radius 2 is 1.70 bits per heavy atom. The van der Waals surface area contributed by atoms with Crippen LogP contribution in [0.3, 0.4) is 0 Å². The van der Waals surface area contributed by atoms with Gasteiger partial charge in [0.15, 0.2) is 6.04 Å². The number of benzene rings is 1. The Bertz CT molecular complexity index is 874. The van der Waals surface area contributed by atoms with Crippen LogP contribution in [0.5, 0.6) is 0 Å². The molecule has 9 heteroatoms. The van der Waals surface area contributed by atoms with Crippen molar-refractivity contribution in [3.63, 3.8) is 0 Å². The topological polar surface area (TPSA) is 128 Å². The van der Waals surface area contributed by atoms with Crippen molar-refractivity contribution in [2.24, 2.45) is 17.3 Å². The van der Waals surface area contributed by atoms with E-state index >= 15 is 0 Å². The number of cyclic esters (lactones) is 2. The summed E-state index contributed by atoms with van der Waals surface area (Å²) in [5, 5.41) is 12.3. The number of carbonyl (C=O) groups is 4. The molecule has 1 fully saturated rings. The fourth-order valence-electron chi connectivity index (χ4n) is 4.01. The highest BCUT2D eigenvalue weighted by Crippen LogP contribution is 2.40. The van der Waals surface area contributed by atoms with E-state index in [-0.39, 0.29) is 6.42 Å². The van der Waals surface area contributed by atoms with Crippen LogP contribution in [-0.4, -0.2) is 53.5 Å². The lowest BCUT2D eigenvalue weighted by Crippen LogP contribution is -2.49. The van der Waals surface area contributed by atoms with Gasteiger partial charge < -0.3 is 24.6 Å². The number of rotatable bonds is 5. The molecule has 0 saturated carbocycles. The SMILES string of the molecule is C[C@@H]1OC(=O)[C@@H](NC(=O)OC(C)(C)C)COC(=O)[C@H](C[13c]2[13cH][13cH][13cH][13cH][13cH]2)[C@@H]1C(C)(C)C(=O)O. The molecular weight excluding hydrogens is 436 g/mol. The van der Waals surface area contributed by atoms with Gasteiger partial charge in [0.05, 0.1) is 11.3 Å². The largest absolute Gasteiger partial charge is 0.481 e. The number of nitrogens with one attached hydrogen (secondary N) is 1. The van der Waals surface area contributed by atoms with Gasteiger partial charge in [-0.2, -0.15) is 0 Å². The van der Waals surface area contributed by atoms with E-state index in [9.17, 15) is 24.3 Å². The molecule has 0 bridgehead atoms. The normalized spacial score (nSPS) is 24.4. The third-order valence-corrected chi connectivity index (χ3v) is 5.59. The molecule has 1 amide bonds. The van der Waals surface area contributed by atoms with Crippen LogP contribution in [0.15, 0.2) is 30.3 Å². The van der Waals surface area contributed by atoms with E-state index in [1.807, 2.05) is 30.3 Å². The van der Waals surface area contributed by atoms with Gasteiger partial charge in [0, 0.05) is 5.92 Å². The second kappa shape index (κ2) is 10.2. The Kier molecular flexibility index (Phi) is 8.11. The number of carboxylic acids is 1. The molecule has 0 unspecified atom stereocenters. The van der Waals surface area contributed by atoms with Crippen LogP contribution in [0.4, 0.5) is 4.79 Å². The number of carbonyl (C=O) groups excluding carboxylic acids is 3. The van der Waals surface area contributed by atoms with E-state index in [0.29, 0.717) is 0 Å². The van der Waals surface area contributed by atoms with Crippen molar-refractivity contribution in [1.29, 1.82) is 0 Å². The third-order valence-electron chi connectivity index (χ3n) is 5.59. The monoisotopic (exact) mass is 469 g/mol. The molecule has 33 heavy (non-hydrogen) atoms. The summed E-state index contributed by atoms with van der Waals surface area (Å²) in [4.78, 5) is 50.3. The molecule has 0 aromatic heterocycles. The molecule has 2 rings (SSSR count). The zero-order valence-electron chi connectivity index (χ0n) is 19.9. The molecule has 1 saturated heterocycles. The minimum atomic E-state index is -1.42. The maximum atomic E-state index is 13.2. The lowest BCUT2D eigenvalue weighted by molar-refractivity contribution is -0.168. The quantitative estimate of drug-likeness (QED) is 0.498. The first-order valence-corrected chi connectivity index (χ1v) is 10.9. The standard InChI is InChI=1S/C24H33NO8/c1-14-18(24(5,6)21(28)29)16(12-15-10-8-7-9-11-15)19(26)31-13-17(20(27)32-14)25-22(30)33-23(2,3)4/h7-11,14,16-18H,12-13H2,1-6H3,(H,25,30)(H,28,29)/t14-,16+,17-,18+/m0/s1/i7+1,8+1,9+1,10+1,11+1,15+1. The van der Waals surface area contributed by atoms with Gasteiger partial charge in [0.1, 0.15) is 18.3 Å². The maximum Gasteiger partial charge on any atom is 0.408 e. The summed E-state index contributed by atoms with van der Waals surface area (Å²) in [5.41, 5.74) is -1.41.